The van der Waals surface area contributed by atoms with Crippen molar-refractivity contribution in [2.24, 2.45) is 0 Å². The fraction of sp³-hybridized carbons (Fsp3) is 0.529. The van der Waals surface area contributed by atoms with E-state index in [4.69, 9.17) is 4.42 Å². The molecule has 0 spiro atoms. The smallest absolute Gasteiger partial charge is 0.208 e. The lowest BCUT2D eigenvalue weighted by molar-refractivity contribution is 0.253. The molecule has 1 aliphatic rings. The van der Waals surface area contributed by atoms with E-state index >= 15 is 0 Å². The van der Waals surface area contributed by atoms with E-state index in [1.54, 1.807) is 12.4 Å². The van der Waals surface area contributed by atoms with Crippen molar-refractivity contribution in [1.29, 1.82) is 0 Å². The van der Waals surface area contributed by atoms with Gasteiger partial charge in [-0.3, -0.25) is 9.88 Å². The second-order valence-electron chi connectivity index (χ2n) is 6.03. The SMILES string of the molecule is Cc1nc(CN2CCCN(c3ccncc3CO)CC2)oc1C. The van der Waals surface area contributed by atoms with Crippen molar-refractivity contribution in [1.82, 2.24) is 14.9 Å². The summed E-state index contributed by atoms with van der Waals surface area (Å²) >= 11 is 0. The summed E-state index contributed by atoms with van der Waals surface area (Å²) in [5.41, 5.74) is 2.95. The third kappa shape index (κ3) is 3.71. The topological polar surface area (TPSA) is 65.6 Å². The minimum atomic E-state index is 0.0260. The number of nitrogens with zero attached hydrogens (tertiary/aromatic N) is 4. The van der Waals surface area contributed by atoms with E-state index in [1.807, 2.05) is 19.9 Å². The van der Waals surface area contributed by atoms with Gasteiger partial charge in [0.2, 0.25) is 5.89 Å². The second-order valence-corrected chi connectivity index (χ2v) is 6.03. The van der Waals surface area contributed by atoms with Gasteiger partial charge in [0.05, 0.1) is 18.8 Å². The molecule has 0 aromatic carbocycles. The molecular formula is C17H24N4O2. The molecule has 1 aliphatic heterocycles. The number of aromatic nitrogens is 2. The maximum absolute atomic E-state index is 9.50. The molecule has 2 aromatic rings. The predicted octanol–water partition coefficient (Wildman–Crippen LogP) is 1.89. The summed E-state index contributed by atoms with van der Waals surface area (Å²) in [6, 6.07) is 1.99. The quantitative estimate of drug-likeness (QED) is 0.929. The standard InChI is InChI=1S/C17H24N4O2/c1-13-14(2)23-17(19-13)11-20-6-3-7-21(9-8-20)16-4-5-18-10-15(16)12-22/h4-5,10,22H,3,6-9,11-12H2,1-2H3. The van der Waals surface area contributed by atoms with Crippen LogP contribution in [0.4, 0.5) is 5.69 Å². The Labute approximate surface area is 136 Å². The van der Waals surface area contributed by atoms with Gasteiger partial charge in [-0.1, -0.05) is 0 Å². The maximum atomic E-state index is 9.50. The van der Waals surface area contributed by atoms with Gasteiger partial charge in [-0.05, 0) is 26.3 Å². The van der Waals surface area contributed by atoms with E-state index in [0.29, 0.717) is 0 Å². The van der Waals surface area contributed by atoms with E-state index in [2.05, 4.69) is 19.8 Å². The van der Waals surface area contributed by atoms with Crippen LogP contribution in [0.1, 0.15) is 29.3 Å². The Morgan fingerprint density at radius 3 is 2.83 bits per heavy atom. The van der Waals surface area contributed by atoms with Gasteiger partial charge in [-0.25, -0.2) is 4.98 Å². The maximum Gasteiger partial charge on any atom is 0.208 e. The number of anilines is 1. The van der Waals surface area contributed by atoms with Gasteiger partial charge in [0.1, 0.15) is 5.76 Å². The monoisotopic (exact) mass is 316 g/mol. The van der Waals surface area contributed by atoms with Gasteiger partial charge in [0.15, 0.2) is 0 Å². The van der Waals surface area contributed by atoms with Crippen LogP contribution in [0.5, 0.6) is 0 Å². The van der Waals surface area contributed by atoms with Gasteiger partial charge in [0.25, 0.3) is 0 Å². The van der Waals surface area contributed by atoms with Crippen molar-refractivity contribution < 1.29 is 9.52 Å². The highest BCUT2D eigenvalue weighted by atomic mass is 16.4. The molecule has 6 nitrogen and oxygen atoms in total. The van der Waals surface area contributed by atoms with Crippen molar-refractivity contribution in [3.63, 3.8) is 0 Å². The lowest BCUT2D eigenvalue weighted by Crippen LogP contribution is -2.31. The molecule has 0 aliphatic carbocycles. The Kier molecular flexibility index (Phi) is 4.93. The summed E-state index contributed by atoms with van der Waals surface area (Å²) in [5, 5.41) is 9.50. The Hall–Kier alpha value is -1.92. The minimum Gasteiger partial charge on any atom is -0.444 e. The predicted molar refractivity (Wildman–Crippen MR) is 88.2 cm³/mol. The summed E-state index contributed by atoms with van der Waals surface area (Å²) in [6.45, 7) is 8.60. The van der Waals surface area contributed by atoms with Crippen LogP contribution in [0, 0.1) is 13.8 Å². The van der Waals surface area contributed by atoms with Crippen LogP contribution in [0.3, 0.4) is 0 Å². The highest BCUT2D eigenvalue weighted by molar-refractivity contribution is 5.52. The average Bonchev–Trinajstić information content (AvgIpc) is 2.76. The van der Waals surface area contributed by atoms with Gasteiger partial charge < -0.3 is 14.4 Å². The molecule has 0 amide bonds. The van der Waals surface area contributed by atoms with Crippen LogP contribution in [0.25, 0.3) is 0 Å². The number of aryl methyl sites for hydroxylation is 2. The number of aliphatic hydroxyl groups excluding tert-OH is 1. The zero-order chi connectivity index (χ0) is 16.2. The molecule has 0 unspecified atom stereocenters. The van der Waals surface area contributed by atoms with Crippen LogP contribution >= 0.6 is 0 Å². The van der Waals surface area contributed by atoms with Crippen LogP contribution in [-0.4, -0.2) is 46.2 Å². The van der Waals surface area contributed by atoms with Crippen molar-refractivity contribution in [2.75, 3.05) is 31.1 Å². The molecule has 0 atom stereocenters. The first-order chi connectivity index (χ1) is 11.2. The number of hydrogen-bond donors (Lipinski definition) is 1. The Bertz CT molecular complexity index is 636. The Morgan fingerprint density at radius 2 is 2.09 bits per heavy atom. The lowest BCUT2D eigenvalue weighted by atomic mass is 10.2. The molecule has 1 fully saturated rings. The Morgan fingerprint density at radius 1 is 1.22 bits per heavy atom. The Balaban J connectivity index is 1.65. The highest BCUT2D eigenvalue weighted by Gasteiger charge is 2.19. The van der Waals surface area contributed by atoms with Crippen LogP contribution < -0.4 is 4.90 Å². The van der Waals surface area contributed by atoms with Crippen LogP contribution in [-0.2, 0) is 13.2 Å². The molecule has 1 saturated heterocycles. The summed E-state index contributed by atoms with van der Waals surface area (Å²) < 4.78 is 5.70. The van der Waals surface area contributed by atoms with Crippen LogP contribution in [0.2, 0.25) is 0 Å². The van der Waals surface area contributed by atoms with Crippen molar-refractivity contribution in [2.45, 2.75) is 33.4 Å². The molecule has 124 valence electrons. The fourth-order valence-corrected chi connectivity index (χ4v) is 3.02. The molecule has 2 aromatic heterocycles. The van der Waals surface area contributed by atoms with E-state index in [0.717, 1.165) is 67.7 Å². The molecule has 3 heterocycles. The summed E-state index contributed by atoms with van der Waals surface area (Å²) in [5.74, 6) is 1.70. The number of hydrogen-bond acceptors (Lipinski definition) is 6. The van der Waals surface area contributed by atoms with Gasteiger partial charge in [-0.2, -0.15) is 0 Å². The fourth-order valence-electron chi connectivity index (χ4n) is 3.02. The first-order valence-corrected chi connectivity index (χ1v) is 8.11. The molecule has 23 heavy (non-hydrogen) atoms. The molecule has 3 rings (SSSR count). The highest BCUT2D eigenvalue weighted by Crippen LogP contribution is 2.21. The van der Waals surface area contributed by atoms with Gasteiger partial charge in [-0.15, -0.1) is 0 Å². The van der Waals surface area contributed by atoms with E-state index in [9.17, 15) is 5.11 Å². The zero-order valence-corrected chi connectivity index (χ0v) is 13.8. The number of oxazole rings is 1. The summed E-state index contributed by atoms with van der Waals surface area (Å²) in [4.78, 5) is 13.3. The largest absolute Gasteiger partial charge is 0.444 e. The minimum absolute atomic E-state index is 0.0260. The van der Waals surface area contributed by atoms with E-state index < -0.39 is 0 Å². The molecule has 0 bridgehead atoms. The van der Waals surface area contributed by atoms with E-state index in [1.165, 1.54) is 0 Å². The van der Waals surface area contributed by atoms with E-state index in [-0.39, 0.29) is 6.61 Å². The van der Waals surface area contributed by atoms with Crippen molar-refractivity contribution in [3.05, 3.63) is 41.4 Å². The summed E-state index contributed by atoms with van der Waals surface area (Å²) in [6.07, 6.45) is 4.61. The van der Waals surface area contributed by atoms with Gasteiger partial charge >= 0.3 is 0 Å². The molecule has 0 saturated carbocycles. The first-order valence-electron chi connectivity index (χ1n) is 8.11. The average molecular weight is 316 g/mol. The number of pyridine rings is 1. The summed E-state index contributed by atoms with van der Waals surface area (Å²) in [7, 11) is 0. The molecular weight excluding hydrogens is 292 g/mol. The molecule has 0 radical (unpaired) electrons. The number of aliphatic hydroxyl groups is 1. The third-order valence-electron chi connectivity index (χ3n) is 4.41. The third-order valence-corrected chi connectivity index (χ3v) is 4.41. The van der Waals surface area contributed by atoms with Gasteiger partial charge in [0, 0.05) is 49.8 Å². The first kappa shape index (κ1) is 16.0. The number of rotatable bonds is 4. The molecule has 1 N–H and O–H groups in total. The lowest BCUT2D eigenvalue weighted by Gasteiger charge is -2.25. The normalized spacial score (nSPS) is 16.6. The van der Waals surface area contributed by atoms with Crippen molar-refractivity contribution in [3.8, 4) is 0 Å². The van der Waals surface area contributed by atoms with Crippen molar-refractivity contribution >= 4 is 5.69 Å². The molecule has 6 heteroatoms. The second kappa shape index (κ2) is 7.10. The zero-order valence-electron chi connectivity index (χ0n) is 13.8. The van der Waals surface area contributed by atoms with Crippen LogP contribution in [0.15, 0.2) is 22.9 Å².